The Morgan fingerprint density at radius 1 is 1.33 bits per heavy atom. The van der Waals surface area contributed by atoms with Gasteiger partial charge in [-0.15, -0.1) is 0 Å². The average Bonchev–Trinajstić information content (AvgIpc) is 2.46. The lowest BCUT2D eigenvalue weighted by Crippen LogP contribution is -2.35. The van der Waals surface area contributed by atoms with Gasteiger partial charge in [0.1, 0.15) is 0 Å². The fraction of sp³-hybridized carbons (Fsp3) is 0.438. The van der Waals surface area contributed by atoms with Gasteiger partial charge in [-0.05, 0) is 49.0 Å². The van der Waals surface area contributed by atoms with Crippen LogP contribution < -0.4 is 5.32 Å². The average molecular weight is 240 g/mol. The lowest BCUT2D eigenvalue weighted by Gasteiger charge is -2.32. The first-order valence-corrected chi connectivity index (χ1v) is 6.94. The van der Waals surface area contributed by atoms with Gasteiger partial charge in [0, 0.05) is 11.6 Å². The summed E-state index contributed by atoms with van der Waals surface area (Å²) in [5.74, 6) is 1.46. The van der Waals surface area contributed by atoms with Crippen molar-refractivity contribution in [2.45, 2.75) is 25.7 Å². The second-order valence-electron chi connectivity index (χ2n) is 5.22. The number of hydrogen-bond donors (Lipinski definition) is 1. The number of nitrogens with one attached hydrogen (secondary N) is 1. The number of rotatable bonds is 2. The third-order valence-electron chi connectivity index (χ3n) is 4.19. The van der Waals surface area contributed by atoms with Gasteiger partial charge < -0.3 is 5.32 Å². The lowest BCUT2D eigenvalue weighted by molar-refractivity contribution is 0.318. The zero-order chi connectivity index (χ0) is 12.4. The number of benzene rings is 1. The number of pyridine rings is 1. The molecule has 2 atom stereocenters. The van der Waals surface area contributed by atoms with Gasteiger partial charge in [0.05, 0.1) is 5.52 Å². The fourth-order valence-electron chi connectivity index (χ4n) is 3.10. The molecule has 2 heteroatoms. The van der Waals surface area contributed by atoms with Crippen molar-refractivity contribution >= 4 is 10.9 Å². The number of fused-ring (bicyclic) bond motifs is 1. The summed E-state index contributed by atoms with van der Waals surface area (Å²) in [4.78, 5) is 4.47. The number of piperidine rings is 1. The second-order valence-corrected chi connectivity index (χ2v) is 5.22. The van der Waals surface area contributed by atoms with Gasteiger partial charge in [-0.25, -0.2) is 0 Å². The van der Waals surface area contributed by atoms with Crippen molar-refractivity contribution in [3.8, 4) is 0 Å². The largest absolute Gasteiger partial charge is 0.316 e. The van der Waals surface area contributed by atoms with E-state index in [2.05, 4.69) is 41.5 Å². The molecule has 0 aliphatic carbocycles. The Labute approximate surface area is 108 Å². The predicted octanol–water partition coefficient (Wildman–Crippen LogP) is 3.34. The second kappa shape index (κ2) is 5.07. The van der Waals surface area contributed by atoms with Crippen molar-refractivity contribution in [3.63, 3.8) is 0 Å². The van der Waals surface area contributed by atoms with Crippen LogP contribution >= 0.6 is 0 Å². The van der Waals surface area contributed by atoms with Crippen LogP contribution in [0.15, 0.2) is 36.5 Å². The summed E-state index contributed by atoms with van der Waals surface area (Å²) in [6.07, 6.45) is 4.38. The van der Waals surface area contributed by atoms with E-state index in [0.717, 1.165) is 24.5 Å². The maximum atomic E-state index is 4.47. The Balaban J connectivity index is 1.97. The highest BCUT2D eigenvalue weighted by atomic mass is 14.9. The zero-order valence-corrected chi connectivity index (χ0v) is 10.9. The maximum absolute atomic E-state index is 4.47. The molecule has 2 nitrogen and oxygen atoms in total. The Hall–Kier alpha value is -1.41. The van der Waals surface area contributed by atoms with Crippen LogP contribution in [-0.4, -0.2) is 18.1 Å². The van der Waals surface area contributed by atoms with Gasteiger partial charge in [0.15, 0.2) is 0 Å². The van der Waals surface area contributed by atoms with Gasteiger partial charge in [-0.2, -0.15) is 0 Å². The molecule has 1 aliphatic heterocycles. The van der Waals surface area contributed by atoms with E-state index < -0.39 is 0 Å². The molecule has 3 rings (SSSR count). The van der Waals surface area contributed by atoms with E-state index >= 15 is 0 Å². The molecule has 1 saturated heterocycles. The van der Waals surface area contributed by atoms with Gasteiger partial charge in [0.2, 0.25) is 0 Å². The van der Waals surface area contributed by atoms with Crippen molar-refractivity contribution in [1.82, 2.24) is 10.3 Å². The molecule has 0 spiro atoms. The minimum Gasteiger partial charge on any atom is -0.316 e. The van der Waals surface area contributed by atoms with Crippen LogP contribution in [0, 0.1) is 5.92 Å². The van der Waals surface area contributed by atoms with E-state index in [4.69, 9.17) is 0 Å². The van der Waals surface area contributed by atoms with Gasteiger partial charge in [-0.1, -0.05) is 31.5 Å². The fourth-order valence-corrected chi connectivity index (χ4v) is 3.10. The maximum Gasteiger partial charge on any atom is 0.0704 e. The van der Waals surface area contributed by atoms with E-state index in [0.29, 0.717) is 5.92 Å². The molecule has 2 unspecified atom stereocenters. The highest BCUT2D eigenvalue weighted by Gasteiger charge is 2.24. The van der Waals surface area contributed by atoms with Gasteiger partial charge >= 0.3 is 0 Å². The molecule has 1 fully saturated rings. The van der Waals surface area contributed by atoms with E-state index in [1.165, 1.54) is 23.8 Å². The zero-order valence-electron chi connectivity index (χ0n) is 10.9. The van der Waals surface area contributed by atoms with Crippen molar-refractivity contribution in [3.05, 3.63) is 42.1 Å². The molecule has 0 saturated carbocycles. The summed E-state index contributed by atoms with van der Waals surface area (Å²) in [6, 6.07) is 10.9. The molecule has 1 aromatic heterocycles. The third kappa shape index (κ3) is 2.13. The summed E-state index contributed by atoms with van der Waals surface area (Å²) in [5, 5.41) is 4.75. The van der Waals surface area contributed by atoms with Gasteiger partial charge in [0.25, 0.3) is 0 Å². The Morgan fingerprint density at radius 2 is 2.28 bits per heavy atom. The molecule has 1 aliphatic rings. The first-order valence-electron chi connectivity index (χ1n) is 6.94. The van der Waals surface area contributed by atoms with Crippen molar-refractivity contribution in [2.75, 3.05) is 13.1 Å². The Bertz CT molecular complexity index is 535. The van der Waals surface area contributed by atoms with Crippen LogP contribution in [0.3, 0.4) is 0 Å². The first-order chi connectivity index (χ1) is 8.88. The molecule has 1 N–H and O–H groups in total. The van der Waals surface area contributed by atoms with Crippen molar-refractivity contribution in [2.24, 2.45) is 5.92 Å². The quantitative estimate of drug-likeness (QED) is 0.871. The van der Waals surface area contributed by atoms with Crippen LogP contribution in [0.1, 0.15) is 31.2 Å². The smallest absolute Gasteiger partial charge is 0.0704 e. The predicted molar refractivity (Wildman–Crippen MR) is 75.8 cm³/mol. The minimum absolute atomic E-state index is 0.697. The molecule has 1 aromatic carbocycles. The van der Waals surface area contributed by atoms with Crippen LogP contribution in [0.2, 0.25) is 0 Å². The molecular formula is C16H20N2. The van der Waals surface area contributed by atoms with E-state index in [9.17, 15) is 0 Å². The van der Waals surface area contributed by atoms with Crippen LogP contribution in [0.25, 0.3) is 10.9 Å². The van der Waals surface area contributed by atoms with E-state index in [-0.39, 0.29) is 0 Å². The minimum atomic E-state index is 0.697. The van der Waals surface area contributed by atoms with Crippen LogP contribution in [-0.2, 0) is 0 Å². The number of hydrogen-bond acceptors (Lipinski definition) is 2. The highest BCUT2D eigenvalue weighted by Crippen LogP contribution is 2.33. The first kappa shape index (κ1) is 11.7. The third-order valence-corrected chi connectivity index (χ3v) is 4.19. The van der Waals surface area contributed by atoms with Gasteiger partial charge in [-0.3, -0.25) is 4.98 Å². The summed E-state index contributed by atoms with van der Waals surface area (Å²) < 4.78 is 0. The van der Waals surface area contributed by atoms with Crippen LogP contribution in [0.5, 0.6) is 0 Å². The number of nitrogens with zero attached hydrogens (tertiary/aromatic N) is 1. The van der Waals surface area contributed by atoms with Crippen LogP contribution in [0.4, 0.5) is 0 Å². The Kier molecular flexibility index (Phi) is 3.28. The SMILES string of the molecule is CCC1CNCCC1c1ccc2cccnc2c1. The monoisotopic (exact) mass is 240 g/mol. The summed E-state index contributed by atoms with van der Waals surface area (Å²) in [7, 11) is 0. The summed E-state index contributed by atoms with van der Waals surface area (Å²) in [6.45, 7) is 4.59. The van der Waals surface area contributed by atoms with E-state index in [1.807, 2.05) is 12.3 Å². The topological polar surface area (TPSA) is 24.9 Å². The molecule has 18 heavy (non-hydrogen) atoms. The lowest BCUT2D eigenvalue weighted by atomic mass is 9.79. The summed E-state index contributed by atoms with van der Waals surface area (Å²) >= 11 is 0. The van der Waals surface area contributed by atoms with Crippen molar-refractivity contribution < 1.29 is 0 Å². The standard InChI is InChI=1S/C16H20N2/c1-2-12-11-17-9-7-15(12)14-6-5-13-4-3-8-18-16(13)10-14/h3-6,8,10,12,15,17H,2,7,9,11H2,1H3. The highest BCUT2D eigenvalue weighted by molar-refractivity contribution is 5.79. The number of aromatic nitrogens is 1. The summed E-state index contributed by atoms with van der Waals surface area (Å²) in [5.41, 5.74) is 2.60. The normalized spacial score (nSPS) is 24.3. The Morgan fingerprint density at radius 3 is 3.17 bits per heavy atom. The van der Waals surface area contributed by atoms with E-state index in [1.54, 1.807) is 0 Å². The molecule has 0 amide bonds. The van der Waals surface area contributed by atoms with Crippen molar-refractivity contribution in [1.29, 1.82) is 0 Å². The molecule has 0 radical (unpaired) electrons. The molecule has 2 heterocycles. The molecule has 94 valence electrons. The molecule has 0 bridgehead atoms. The molecular weight excluding hydrogens is 220 g/mol. The molecule has 2 aromatic rings.